The zero-order valence-corrected chi connectivity index (χ0v) is 10.9. The smallest absolute Gasteiger partial charge is 0.180 e. The maximum atomic E-state index is 6.02. The number of halogens is 3. The van der Waals surface area contributed by atoms with Crippen molar-refractivity contribution in [3.8, 4) is 0 Å². The van der Waals surface area contributed by atoms with E-state index < -0.39 is 5.62 Å². The molecule has 5 nitrogen and oxygen atoms in total. The first-order valence-corrected chi connectivity index (χ1v) is 6.52. The van der Waals surface area contributed by atoms with Crippen LogP contribution in [0.15, 0.2) is 0 Å². The van der Waals surface area contributed by atoms with Gasteiger partial charge in [-0.05, 0) is 25.7 Å². The van der Waals surface area contributed by atoms with E-state index in [-0.39, 0.29) is 12.5 Å². The fourth-order valence-electron chi connectivity index (χ4n) is 1.87. The molecule has 1 saturated heterocycles. The Balaban J connectivity index is 1.76. The second kappa shape index (κ2) is 6.02. The van der Waals surface area contributed by atoms with Crippen LogP contribution in [0.4, 0.5) is 0 Å². The summed E-state index contributed by atoms with van der Waals surface area (Å²) in [6, 6.07) is 0. The summed E-state index contributed by atoms with van der Waals surface area (Å²) in [5.41, 5.74) is 5.09. The lowest BCUT2D eigenvalue weighted by atomic mass is 9.97. The van der Waals surface area contributed by atoms with E-state index in [4.69, 9.17) is 39.7 Å². The summed E-state index contributed by atoms with van der Waals surface area (Å²) in [6.45, 7) is 0. The number of ether oxygens (including phenoxy) is 1. The molecule has 0 aromatic heterocycles. The lowest BCUT2D eigenvalue weighted by molar-refractivity contribution is -0.112. The Kier molecular flexibility index (Phi) is 4.93. The molecule has 0 aromatic rings. The van der Waals surface area contributed by atoms with E-state index in [1.165, 1.54) is 4.64 Å². The van der Waals surface area contributed by atoms with Gasteiger partial charge in [0, 0.05) is 17.2 Å². The van der Waals surface area contributed by atoms with Crippen molar-refractivity contribution in [3.05, 3.63) is 0 Å². The topological polar surface area (TPSA) is 48.6 Å². The van der Waals surface area contributed by atoms with Crippen molar-refractivity contribution >= 4 is 35.0 Å². The Morgan fingerprint density at radius 3 is 2.38 bits per heavy atom. The van der Waals surface area contributed by atoms with Gasteiger partial charge in [-0.3, -0.25) is 0 Å². The number of nitrogens with one attached hydrogen (secondary N) is 3. The van der Waals surface area contributed by atoms with Crippen molar-refractivity contribution in [2.45, 2.75) is 49.1 Å². The van der Waals surface area contributed by atoms with Gasteiger partial charge in [0.25, 0.3) is 0 Å². The van der Waals surface area contributed by atoms with Crippen LogP contribution < -0.4 is 16.2 Å². The molecule has 0 amide bonds. The van der Waals surface area contributed by atoms with Crippen LogP contribution in [0.5, 0.6) is 0 Å². The van der Waals surface area contributed by atoms with Crippen LogP contribution in [0.25, 0.3) is 0 Å². The minimum Gasteiger partial charge on any atom is -0.345 e. The third-order valence-corrected chi connectivity index (χ3v) is 3.54. The van der Waals surface area contributed by atoms with E-state index in [1.54, 1.807) is 0 Å². The monoisotopic (exact) mass is 288 g/mol. The predicted molar refractivity (Wildman–Crippen MR) is 63.5 cm³/mol. The maximum absolute atomic E-state index is 6.02. The molecule has 8 heteroatoms. The van der Waals surface area contributed by atoms with Crippen LogP contribution in [-0.2, 0) is 4.74 Å². The average Bonchev–Trinajstić information content (AvgIpc) is 2.20. The highest BCUT2D eigenvalue weighted by molar-refractivity contribution is 6.20. The van der Waals surface area contributed by atoms with Gasteiger partial charge in [-0.15, -0.1) is 11.6 Å². The summed E-state index contributed by atoms with van der Waals surface area (Å²) in [6.07, 6.45) is 3.75. The second-order valence-electron chi connectivity index (χ2n) is 3.96. The normalized spacial score (nSPS) is 42.2. The zero-order chi connectivity index (χ0) is 11.5. The number of nitrogens with zero attached hydrogens (tertiary/aromatic N) is 1. The number of hydrazine groups is 2. The average molecular weight is 290 g/mol. The van der Waals surface area contributed by atoms with E-state index in [9.17, 15) is 0 Å². The van der Waals surface area contributed by atoms with Crippen molar-refractivity contribution in [3.63, 3.8) is 0 Å². The van der Waals surface area contributed by atoms with Crippen LogP contribution in [0.3, 0.4) is 0 Å². The molecule has 1 aliphatic carbocycles. The molecule has 3 N–H and O–H groups in total. The van der Waals surface area contributed by atoms with Crippen molar-refractivity contribution in [1.29, 1.82) is 0 Å². The van der Waals surface area contributed by atoms with Crippen molar-refractivity contribution in [2.24, 2.45) is 0 Å². The number of hydrogen-bond donors (Lipinski definition) is 3. The predicted octanol–water partition coefficient (Wildman–Crippen LogP) is 1.43. The van der Waals surface area contributed by atoms with Crippen molar-refractivity contribution < 1.29 is 4.74 Å². The molecule has 1 aliphatic heterocycles. The molecule has 1 saturated carbocycles. The van der Waals surface area contributed by atoms with E-state index in [0.29, 0.717) is 5.38 Å². The Labute approximate surface area is 110 Å². The van der Waals surface area contributed by atoms with E-state index >= 15 is 0 Å². The Morgan fingerprint density at radius 1 is 1.06 bits per heavy atom. The van der Waals surface area contributed by atoms with Gasteiger partial charge in [0.1, 0.15) is 0 Å². The molecular formula is C8H15Cl3N4O. The molecule has 0 spiro atoms. The van der Waals surface area contributed by atoms with E-state index in [1.807, 2.05) is 0 Å². The number of alkyl halides is 2. The second-order valence-corrected chi connectivity index (χ2v) is 5.35. The summed E-state index contributed by atoms with van der Waals surface area (Å²) in [7, 11) is 0. The molecule has 0 radical (unpaired) electrons. The summed E-state index contributed by atoms with van der Waals surface area (Å²) in [4.78, 5) is 0. The molecule has 16 heavy (non-hydrogen) atoms. The van der Waals surface area contributed by atoms with Gasteiger partial charge < -0.3 is 4.74 Å². The number of hydrogen-bond acceptors (Lipinski definition) is 5. The van der Waals surface area contributed by atoms with Gasteiger partial charge in [-0.1, -0.05) is 16.2 Å². The van der Waals surface area contributed by atoms with Crippen LogP contribution in [0.2, 0.25) is 0 Å². The van der Waals surface area contributed by atoms with Crippen LogP contribution in [0, 0.1) is 0 Å². The van der Waals surface area contributed by atoms with Gasteiger partial charge in [-0.25, -0.2) is 5.32 Å². The minimum absolute atomic E-state index is 0.201. The first-order valence-electron chi connectivity index (χ1n) is 5.31. The standard InChI is InChI=1S/C8H15Cl3N4O/c9-5-1-3-6(4-2-5)16-8-12-7(10)13-15(11)14-8/h5-8,12-14H,1-4H2. The molecule has 0 aromatic carbocycles. The molecule has 2 atom stereocenters. The lowest BCUT2D eigenvalue weighted by Crippen LogP contribution is -2.66. The summed E-state index contributed by atoms with van der Waals surface area (Å²) >= 11 is 17.6. The van der Waals surface area contributed by atoms with Crippen LogP contribution in [-0.4, -0.2) is 28.1 Å². The molecule has 2 rings (SSSR count). The maximum Gasteiger partial charge on any atom is 0.180 e. The molecule has 0 bridgehead atoms. The third-order valence-electron chi connectivity index (χ3n) is 2.69. The molecule has 2 unspecified atom stereocenters. The molecule has 2 fully saturated rings. The quantitative estimate of drug-likeness (QED) is 0.408. The Bertz CT molecular complexity index is 217. The van der Waals surface area contributed by atoms with Gasteiger partial charge in [0.05, 0.1) is 6.10 Å². The summed E-state index contributed by atoms with van der Waals surface area (Å²) in [5.74, 6) is 0. The van der Waals surface area contributed by atoms with Crippen LogP contribution in [0.1, 0.15) is 25.7 Å². The van der Waals surface area contributed by atoms with Gasteiger partial charge in [0.15, 0.2) is 12.0 Å². The highest BCUT2D eigenvalue weighted by Crippen LogP contribution is 2.25. The first-order chi connectivity index (χ1) is 7.63. The molecule has 94 valence electrons. The van der Waals surface area contributed by atoms with Crippen molar-refractivity contribution in [2.75, 3.05) is 0 Å². The largest absolute Gasteiger partial charge is 0.345 e. The lowest BCUT2D eigenvalue weighted by Gasteiger charge is -2.36. The fraction of sp³-hybridized carbons (Fsp3) is 1.00. The fourth-order valence-corrected chi connectivity index (χ4v) is 2.57. The van der Waals surface area contributed by atoms with Crippen molar-refractivity contribution in [1.82, 2.24) is 20.8 Å². The summed E-state index contributed by atoms with van der Waals surface area (Å²) in [5, 5.41) is 3.26. The van der Waals surface area contributed by atoms with Gasteiger partial charge in [0.2, 0.25) is 0 Å². The number of rotatable bonds is 2. The highest BCUT2D eigenvalue weighted by atomic mass is 35.5. The molecule has 2 aliphatic rings. The van der Waals surface area contributed by atoms with Gasteiger partial charge >= 0.3 is 0 Å². The zero-order valence-electron chi connectivity index (χ0n) is 8.63. The molecular weight excluding hydrogens is 274 g/mol. The first kappa shape index (κ1) is 13.1. The van der Waals surface area contributed by atoms with Gasteiger partial charge in [-0.2, -0.15) is 10.9 Å². The Hall–Kier alpha value is 0.670. The minimum atomic E-state index is -0.451. The third kappa shape index (κ3) is 3.85. The summed E-state index contributed by atoms with van der Waals surface area (Å²) < 4.78 is 6.96. The highest BCUT2D eigenvalue weighted by Gasteiger charge is 2.28. The Morgan fingerprint density at radius 2 is 1.75 bits per heavy atom. The van der Waals surface area contributed by atoms with Crippen LogP contribution >= 0.6 is 35.0 Å². The molecule has 1 heterocycles. The SMILES string of the molecule is ClC1CCC(OC2NC(Cl)NN(Cl)N2)CC1. The van der Waals surface area contributed by atoms with E-state index in [0.717, 1.165) is 25.7 Å². The van der Waals surface area contributed by atoms with E-state index in [2.05, 4.69) is 16.2 Å².